The van der Waals surface area contributed by atoms with Gasteiger partial charge < -0.3 is 15.5 Å². The lowest BCUT2D eigenvalue weighted by molar-refractivity contribution is -0.116. The molecule has 0 aliphatic rings. The van der Waals surface area contributed by atoms with Crippen LogP contribution in [-0.2, 0) is 4.79 Å². The van der Waals surface area contributed by atoms with E-state index in [0.717, 1.165) is 10.9 Å². The quantitative estimate of drug-likeness (QED) is 0.609. The van der Waals surface area contributed by atoms with Crippen molar-refractivity contribution in [2.45, 2.75) is 6.42 Å². The van der Waals surface area contributed by atoms with Gasteiger partial charge in [0.05, 0.1) is 5.52 Å². The van der Waals surface area contributed by atoms with Crippen LogP contribution in [0.25, 0.3) is 10.9 Å². The zero-order valence-corrected chi connectivity index (χ0v) is 15.7. The highest BCUT2D eigenvalue weighted by molar-refractivity contribution is 6.04. The molecule has 8 heteroatoms. The van der Waals surface area contributed by atoms with Crippen molar-refractivity contribution >= 4 is 34.3 Å². The van der Waals surface area contributed by atoms with Gasteiger partial charge in [-0.2, -0.15) is 5.10 Å². The highest BCUT2D eigenvalue weighted by Crippen LogP contribution is 2.15. The van der Waals surface area contributed by atoms with Crippen LogP contribution < -0.4 is 10.6 Å². The van der Waals surface area contributed by atoms with Crippen molar-refractivity contribution in [2.24, 2.45) is 0 Å². The predicted octanol–water partition coefficient (Wildman–Crippen LogP) is 2.02. The number of fused-ring (bicyclic) bond motifs is 1. The van der Waals surface area contributed by atoms with Gasteiger partial charge in [0.2, 0.25) is 5.91 Å². The standard InChI is InChI=1S/C20H21N5O3/c1-25(2)20(28)13-6-5-7-14(12-13)22-17(26)10-11-21-19(27)18-15-8-3-4-9-16(15)23-24-18/h3-9,12H,10-11H2,1-2H3,(H,21,27)(H,22,26)(H,23,24). The van der Waals surface area contributed by atoms with E-state index in [0.29, 0.717) is 16.9 Å². The summed E-state index contributed by atoms with van der Waals surface area (Å²) in [5.41, 5.74) is 2.09. The minimum Gasteiger partial charge on any atom is -0.350 e. The van der Waals surface area contributed by atoms with Gasteiger partial charge in [-0.3, -0.25) is 19.5 Å². The van der Waals surface area contributed by atoms with Gasteiger partial charge in [0.15, 0.2) is 5.69 Å². The van der Waals surface area contributed by atoms with Gasteiger partial charge in [-0.25, -0.2) is 0 Å². The molecule has 3 N–H and O–H groups in total. The molecule has 0 atom stereocenters. The Labute approximate surface area is 161 Å². The first-order valence-corrected chi connectivity index (χ1v) is 8.78. The van der Waals surface area contributed by atoms with Gasteiger partial charge in [-0.05, 0) is 24.3 Å². The zero-order chi connectivity index (χ0) is 20.1. The lowest BCUT2D eigenvalue weighted by Crippen LogP contribution is -2.28. The number of benzene rings is 2. The van der Waals surface area contributed by atoms with Crippen molar-refractivity contribution in [3.05, 3.63) is 59.8 Å². The number of anilines is 1. The fourth-order valence-corrected chi connectivity index (χ4v) is 2.72. The zero-order valence-electron chi connectivity index (χ0n) is 15.7. The summed E-state index contributed by atoms with van der Waals surface area (Å²) < 4.78 is 0. The highest BCUT2D eigenvalue weighted by Gasteiger charge is 2.14. The third-order valence-corrected chi connectivity index (χ3v) is 4.12. The molecule has 1 aromatic heterocycles. The summed E-state index contributed by atoms with van der Waals surface area (Å²) in [6, 6.07) is 14.0. The lowest BCUT2D eigenvalue weighted by Gasteiger charge is -2.11. The summed E-state index contributed by atoms with van der Waals surface area (Å²) in [6.07, 6.45) is 0.0972. The average Bonchev–Trinajstić information content (AvgIpc) is 3.11. The second kappa shape index (κ2) is 8.34. The Kier molecular flexibility index (Phi) is 5.69. The first-order valence-electron chi connectivity index (χ1n) is 8.78. The molecule has 28 heavy (non-hydrogen) atoms. The minimum absolute atomic E-state index is 0.0972. The number of H-pyrrole nitrogens is 1. The van der Waals surface area contributed by atoms with Crippen molar-refractivity contribution in [1.29, 1.82) is 0 Å². The Morgan fingerprint density at radius 3 is 2.64 bits per heavy atom. The molecule has 8 nitrogen and oxygen atoms in total. The second-order valence-corrected chi connectivity index (χ2v) is 6.45. The number of carbonyl (C=O) groups is 3. The first kappa shape index (κ1) is 19.1. The summed E-state index contributed by atoms with van der Waals surface area (Å²) in [5.74, 6) is -0.750. The molecule has 0 unspecified atom stereocenters. The first-order chi connectivity index (χ1) is 13.5. The predicted molar refractivity (Wildman–Crippen MR) is 106 cm³/mol. The molecular formula is C20H21N5O3. The molecule has 3 rings (SSSR count). The molecule has 1 heterocycles. The molecular weight excluding hydrogens is 358 g/mol. The van der Waals surface area contributed by atoms with Crippen molar-refractivity contribution in [2.75, 3.05) is 26.0 Å². The molecule has 2 aromatic carbocycles. The number of para-hydroxylation sites is 1. The number of hydrogen-bond acceptors (Lipinski definition) is 4. The Bertz CT molecular complexity index is 1030. The van der Waals surface area contributed by atoms with E-state index in [9.17, 15) is 14.4 Å². The second-order valence-electron chi connectivity index (χ2n) is 6.45. The highest BCUT2D eigenvalue weighted by atomic mass is 16.2. The smallest absolute Gasteiger partial charge is 0.272 e. The fraction of sp³-hybridized carbons (Fsp3) is 0.200. The fourth-order valence-electron chi connectivity index (χ4n) is 2.72. The molecule has 0 fully saturated rings. The van der Waals surface area contributed by atoms with Crippen LogP contribution in [0, 0.1) is 0 Å². The maximum absolute atomic E-state index is 12.3. The third-order valence-electron chi connectivity index (χ3n) is 4.12. The molecule has 0 spiro atoms. The van der Waals surface area contributed by atoms with Crippen molar-refractivity contribution < 1.29 is 14.4 Å². The van der Waals surface area contributed by atoms with Crippen molar-refractivity contribution in [3.8, 4) is 0 Å². The molecule has 0 radical (unpaired) electrons. The van der Waals surface area contributed by atoms with E-state index in [-0.39, 0.29) is 30.7 Å². The molecule has 0 saturated heterocycles. The molecule has 3 aromatic rings. The van der Waals surface area contributed by atoms with E-state index in [1.807, 2.05) is 24.3 Å². The number of hydrogen-bond donors (Lipinski definition) is 3. The van der Waals surface area contributed by atoms with E-state index in [2.05, 4.69) is 20.8 Å². The lowest BCUT2D eigenvalue weighted by atomic mass is 10.2. The van der Waals surface area contributed by atoms with Crippen LogP contribution in [0.5, 0.6) is 0 Å². The maximum atomic E-state index is 12.3. The monoisotopic (exact) mass is 379 g/mol. The normalized spacial score (nSPS) is 10.5. The number of amides is 3. The van der Waals surface area contributed by atoms with E-state index in [4.69, 9.17) is 0 Å². The Hall–Kier alpha value is -3.68. The summed E-state index contributed by atoms with van der Waals surface area (Å²) in [4.78, 5) is 37.9. The largest absolute Gasteiger partial charge is 0.350 e. The number of nitrogens with one attached hydrogen (secondary N) is 3. The number of rotatable bonds is 6. The number of aromatic amines is 1. The number of aromatic nitrogens is 2. The van der Waals surface area contributed by atoms with Crippen LogP contribution in [0.15, 0.2) is 48.5 Å². The third kappa shape index (κ3) is 4.35. The van der Waals surface area contributed by atoms with Crippen molar-refractivity contribution in [1.82, 2.24) is 20.4 Å². The van der Waals surface area contributed by atoms with E-state index in [1.165, 1.54) is 4.90 Å². The van der Waals surface area contributed by atoms with Crippen LogP contribution in [-0.4, -0.2) is 53.5 Å². The molecule has 144 valence electrons. The maximum Gasteiger partial charge on any atom is 0.272 e. The van der Waals surface area contributed by atoms with Gasteiger partial charge in [-0.1, -0.05) is 24.3 Å². The summed E-state index contributed by atoms with van der Waals surface area (Å²) in [5, 5.41) is 13.0. The van der Waals surface area contributed by atoms with Gasteiger partial charge in [-0.15, -0.1) is 0 Å². The Balaban J connectivity index is 1.53. The van der Waals surface area contributed by atoms with E-state index < -0.39 is 0 Å². The van der Waals surface area contributed by atoms with Gasteiger partial charge in [0, 0.05) is 43.7 Å². The Morgan fingerprint density at radius 1 is 1.07 bits per heavy atom. The summed E-state index contributed by atoms with van der Waals surface area (Å²) in [6.45, 7) is 0.169. The minimum atomic E-state index is -0.344. The van der Waals surface area contributed by atoms with E-state index in [1.54, 1.807) is 38.4 Å². The topological polar surface area (TPSA) is 107 Å². The van der Waals surface area contributed by atoms with Crippen LogP contribution >= 0.6 is 0 Å². The Morgan fingerprint density at radius 2 is 1.86 bits per heavy atom. The van der Waals surface area contributed by atoms with Crippen molar-refractivity contribution in [3.63, 3.8) is 0 Å². The number of carbonyl (C=O) groups excluding carboxylic acids is 3. The van der Waals surface area contributed by atoms with Gasteiger partial charge in [0.25, 0.3) is 11.8 Å². The van der Waals surface area contributed by atoms with Crippen LogP contribution in [0.1, 0.15) is 27.3 Å². The van der Waals surface area contributed by atoms with Crippen LogP contribution in [0.2, 0.25) is 0 Å². The molecule has 0 aliphatic carbocycles. The van der Waals surface area contributed by atoms with Crippen LogP contribution in [0.4, 0.5) is 5.69 Å². The van der Waals surface area contributed by atoms with E-state index >= 15 is 0 Å². The van der Waals surface area contributed by atoms with Gasteiger partial charge >= 0.3 is 0 Å². The molecule has 0 bridgehead atoms. The summed E-state index contributed by atoms with van der Waals surface area (Å²) >= 11 is 0. The number of nitrogens with zero attached hydrogens (tertiary/aromatic N) is 2. The average molecular weight is 379 g/mol. The molecule has 3 amide bonds. The SMILES string of the molecule is CN(C)C(=O)c1cccc(NC(=O)CCNC(=O)c2n[nH]c3ccccc23)c1. The molecule has 0 saturated carbocycles. The summed E-state index contributed by atoms with van der Waals surface area (Å²) in [7, 11) is 3.33. The molecule has 0 aliphatic heterocycles. The van der Waals surface area contributed by atoms with Gasteiger partial charge in [0.1, 0.15) is 0 Å². The van der Waals surface area contributed by atoms with Crippen LogP contribution in [0.3, 0.4) is 0 Å².